The molecule has 1 saturated heterocycles. The Bertz CT molecular complexity index is 734. The van der Waals surface area contributed by atoms with Gasteiger partial charge in [-0.15, -0.1) is 0 Å². The van der Waals surface area contributed by atoms with Crippen LogP contribution >= 0.6 is 11.6 Å². The molecule has 0 spiro atoms. The first-order valence-electron chi connectivity index (χ1n) is 8.43. The van der Waals surface area contributed by atoms with Gasteiger partial charge < -0.3 is 10.6 Å². The summed E-state index contributed by atoms with van der Waals surface area (Å²) in [6.07, 6.45) is 2.28. The molecular weight excluding hydrogens is 341 g/mol. The van der Waals surface area contributed by atoms with Gasteiger partial charge in [-0.1, -0.05) is 41.9 Å². The normalized spacial score (nSPS) is 15.8. The molecule has 2 amide bonds. The molecule has 0 aromatic heterocycles. The molecule has 0 unspecified atom stereocenters. The number of benzene rings is 2. The van der Waals surface area contributed by atoms with Crippen LogP contribution in [-0.4, -0.2) is 30.6 Å². The standard InChI is InChI=1S/C19H21ClFN3O/c20-15-8-2-1-7-14(15)18(24-11-5-6-12-24)13-22-19(25)23-17-10-4-3-9-16(17)21/h1-4,7-10,18H,5-6,11-13H2,(H2,22,23,25)/t18-/m0/s1. The van der Waals surface area contributed by atoms with E-state index in [1.165, 1.54) is 12.1 Å². The molecule has 1 aliphatic heterocycles. The molecule has 2 N–H and O–H groups in total. The molecule has 0 aliphatic carbocycles. The van der Waals surface area contributed by atoms with Gasteiger partial charge in [0.2, 0.25) is 0 Å². The van der Waals surface area contributed by atoms with E-state index in [9.17, 15) is 9.18 Å². The minimum atomic E-state index is -0.458. The van der Waals surface area contributed by atoms with Crippen LogP contribution in [0.3, 0.4) is 0 Å². The highest BCUT2D eigenvalue weighted by molar-refractivity contribution is 6.31. The molecule has 3 rings (SSSR count). The summed E-state index contributed by atoms with van der Waals surface area (Å²) in [7, 11) is 0. The average molecular weight is 362 g/mol. The third-order valence-corrected chi connectivity index (χ3v) is 4.77. The van der Waals surface area contributed by atoms with Crippen LogP contribution in [0.5, 0.6) is 0 Å². The van der Waals surface area contributed by atoms with Crippen LogP contribution in [0, 0.1) is 5.82 Å². The Balaban J connectivity index is 1.67. The number of anilines is 1. The van der Waals surface area contributed by atoms with Gasteiger partial charge in [0.15, 0.2) is 0 Å². The highest BCUT2D eigenvalue weighted by Gasteiger charge is 2.25. The number of urea groups is 1. The van der Waals surface area contributed by atoms with Gasteiger partial charge in [0.1, 0.15) is 5.82 Å². The van der Waals surface area contributed by atoms with Gasteiger partial charge in [-0.2, -0.15) is 0 Å². The molecule has 132 valence electrons. The first-order chi connectivity index (χ1) is 12.1. The maximum Gasteiger partial charge on any atom is 0.319 e. The highest BCUT2D eigenvalue weighted by Crippen LogP contribution is 2.29. The van der Waals surface area contributed by atoms with Crippen LogP contribution in [0.2, 0.25) is 5.02 Å². The Morgan fingerprint density at radius 1 is 1.12 bits per heavy atom. The average Bonchev–Trinajstić information content (AvgIpc) is 3.13. The predicted octanol–water partition coefficient (Wildman–Crippen LogP) is 4.44. The van der Waals surface area contributed by atoms with E-state index in [0.717, 1.165) is 31.5 Å². The number of likely N-dealkylation sites (tertiary alicyclic amines) is 1. The Kier molecular flexibility index (Phi) is 5.89. The van der Waals surface area contributed by atoms with Crippen molar-refractivity contribution in [3.05, 3.63) is 64.9 Å². The van der Waals surface area contributed by atoms with Crippen molar-refractivity contribution in [2.45, 2.75) is 18.9 Å². The number of halogens is 2. The van der Waals surface area contributed by atoms with E-state index in [2.05, 4.69) is 15.5 Å². The zero-order valence-electron chi connectivity index (χ0n) is 13.8. The van der Waals surface area contributed by atoms with E-state index in [1.807, 2.05) is 24.3 Å². The van der Waals surface area contributed by atoms with Gasteiger partial charge >= 0.3 is 6.03 Å². The van der Waals surface area contributed by atoms with E-state index >= 15 is 0 Å². The third kappa shape index (κ3) is 4.50. The van der Waals surface area contributed by atoms with Gasteiger partial charge in [0, 0.05) is 11.6 Å². The molecule has 4 nitrogen and oxygen atoms in total. The van der Waals surface area contributed by atoms with Crippen LogP contribution in [-0.2, 0) is 0 Å². The van der Waals surface area contributed by atoms with Gasteiger partial charge in [0.05, 0.1) is 11.7 Å². The Labute approximate surface area is 152 Å². The highest BCUT2D eigenvalue weighted by atomic mass is 35.5. The molecule has 1 aliphatic rings. The summed E-state index contributed by atoms with van der Waals surface area (Å²) < 4.78 is 13.6. The lowest BCUT2D eigenvalue weighted by molar-refractivity contribution is 0.227. The smallest absolute Gasteiger partial charge is 0.319 e. The summed E-state index contributed by atoms with van der Waals surface area (Å²) in [4.78, 5) is 14.5. The number of para-hydroxylation sites is 1. The minimum Gasteiger partial charge on any atom is -0.336 e. The number of carbonyl (C=O) groups is 1. The number of carbonyl (C=O) groups excluding carboxylic acids is 1. The molecule has 1 atom stereocenters. The fraction of sp³-hybridized carbons (Fsp3) is 0.316. The van der Waals surface area contributed by atoms with E-state index in [1.54, 1.807) is 12.1 Å². The lowest BCUT2D eigenvalue weighted by Crippen LogP contribution is -2.38. The second-order valence-electron chi connectivity index (χ2n) is 6.10. The monoisotopic (exact) mass is 361 g/mol. The number of nitrogens with one attached hydrogen (secondary N) is 2. The van der Waals surface area contributed by atoms with Crippen molar-refractivity contribution < 1.29 is 9.18 Å². The SMILES string of the molecule is O=C(NC[C@@H](c1ccccc1Cl)N1CCCC1)Nc1ccccc1F. The lowest BCUT2D eigenvalue weighted by Gasteiger charge is -2.29. The van der Waals surface area contributed by atoms with E-state index in [0.29, 0.717) is 11.6 Å². The summed E-state index contributed by atoms with van der Waals surface area (Å²) in [6, 6.07) is 13.4. The zero-order valence-corrected chi connectivity index (χ0v) is 14.6. The van der Waals surface area contributed by atoms with Crippen LogP contribution in [0.15, 0.2) is 48.5 Å². The van der Waals surface area contributed by atoms with Crippen LogP contribution in [0.4, 0.5) is 14.9 Å². The number of hydrogen-bond donors (Lipinski definition) is 2. The van der Waals surface area contributed by atoms with Crippen LogP contribution < -0.4 is 10.6 Å². The van der Waals surface area contributed by atoms with Gasteiger partial charge in [0.25, 0.3) is 0 Å². The molecule has 6 heteroatoms. The van der Waals surface area contributed by atoms with Crippen molar-refractivity contribution >= 4 is 23.3 Å². The summed E-state index contributed by atoms with van der Waals surface area (Å²) in [5.74, 6) is -0.458. The Morgan fingerprint density at radius 2 is 1.80 bits per heavy atom. The Morgan fingerprint density at radius 3 is 2.52 bits per heavy atom. The van der Waals surface area contributed by atoms with Crippen molar-refractivity contribution in [3.8, 4) is 0 Å². The number of rotatable bonds is 5. The molecule has 2 aromatic rings. The fourth-order valence-corrected chi connectivity index (χ4v) is 3.41. The summed E-state index contributed by atoms with van der Waals surface area (Å²) in [6.45, 7) is 2.36. The molecular formula is C19H21ClFN3O. The van der Waals surface area contributed by atoms with Crippen molar-refractivity contribution in [1.82, 2.24) is 10.2 Å². The fourth-order valence-electron chi connectivity index (χ4n) is 3.15. The number of nitrogens with zero attached hydrogens (tertiary/aromatic N) is 1. The largest absolute Gasteiger partial charge is 0.336 e. The van der Waals surface area contributed by atoms with Crippen molar-refractivity contribution in [2.24, 2.45) is 0 Å². The van der Waals surface area contributed by atoms with Crippen LogP contribution in [0.1, 0.15) is 24.4 Å². The summed E-state index contributed by atoms with van der Waals surface area (Å²) in [5, 5.41) is 6.08. The molecule has 2 aromatic carbocycles. The first kappa shape index (κ1) is 17.7. The third-order valence-electron chi connectivity index (χ3n) is 4.42. The molecule has 0 saturated carbocycles. The van der Waals surface area contributed by atoms with E-state index < -0.39 is 11.8 Å². The van der Waals surface area contributed by atoms with Gasteiger partial charge in [-0.05, 0) is 49.7 Å². The second-order valence-corrected chi connectivity index (χ2v) is 6.50. The lowest BCUT2D eigenvalue weighted by atomic mass is 10.1. The molecule has 0 bridgehead atoms. The quantitative estimate of drug-likeness (QED) is 0.827. The van der Waals surface area contributed by atoms with E-state index in [4.69, 9.17) is 11.6 Å². The molecule has 1 fully saturated rings. The summed E-state index contributed by atoms with van der Waals surface area (Å²) in [5.41, 5.74) is 1.16. The van der Waals surface area contributed by atoms with Crippen molar-refractivity contribution in [3.63, 3.8) is 0 Å². The maximum absolute atomic E-state index is 13.6. The van der Waals surface area contributed by atoms with Crippen molar-refractivity contribution in [2.75, 3.05) is 25.0 Å². The van der Waals surface area contributed by atoms with Crippen molar-refractivity contribution in [1.29, 1.82) is 0 Å². The zero-order chi connectivity index (χ0) is 17.6. The summed E-state index contributed by atoms with van der Waals surface area (Å²) >= 11 is 6.36. The van der Waals surface area contributed by atoms with Gasteiger partial charge in [-0.3, -0.25) is 4.90 Å². The molecule has 25 heavy (non-hydrogen) atoms. The van der Waals surface area contributed by atoms with Gasteiger partial charge in [-0.25, -0.2) is 9.18 Å². The molecule has 0 radical (unpaired) electrons. The number of hydrogen-bond acceptors (Lipinski definition) is 2. The van der Waals surface area contributed by atoms with Crippen LogP contribution in [0.25, 0.3) is 0 Å². The van der Waals surface area contributed by atoms with E-state index in [-0.39, 0.29) is 11.7 Å². The maximum atomic E-state index is 13.6. The first-order valence-corrected chi connectivity index (χ1v) is 8.81. The second kappa shape index (κ2) is 8.32. The molecule has 1 heterocycles. The Hall–Kier alpha value is -2.11. The topological polar surface area (TPSA) is 44.4 Å². The predicted molar refractivity (Wildman–Crippen MR) is 98.4 cm³/mol. The minimum absolute atomic E-state index is 0.00238. The number of amides is 2.